The van der Waals surface area contributed by atoms with Crippen molar-refractivity contribution in [2.75, 3.05) is 13.7 Å². The molecule has 1 atom stereocenters. The number of aromatic nitrogens is 1. The summed E-state index contributed by atoms with van der Waals surface area (Å²) in [4.78, 5) is 31.7. The van der Waals surface area contributed by atoms with E-state index >= 15 is 0 Å². The minimum absolute atomic E-state index is 0.0554. The number of thiophene rings is 1. The summed E-state index contributed by atoms with van der Waals surface area (Å²) >= 11 is 5.01. The first-order chi connectivity index (χ1) is 19.3. The van der Waals surface area contributed by atoms with E-state index in [1.807, 2.05) is 19.1 Å². The maximum Gasteiger partial charge on any atom is 0.416 e. The molecule has 9 nitrogen and oxygen atoms in total. The predicted molar refractivity (Wildman–Crippen MR) is 154 cm³/mol. The third-order valence-electron chi connectivity index (χ3n) is 6.11. The molecule has 11 heteroatoms. The number of carboxylic acids is 1. The number of carbonyl (C=O) groups excluding carboxylic acids is 1. The summed E-state index contributed by atoms with van der Waals surface area (Å²) in [6.07, 6.45) is 0.0454. The largest absolute Gasteiger partial charge is 0.497 e. The molecule has 1 amide bonds. The van der Waals surface area contributed by atoms with Crippen LogP contribution >= 0.6 is 27.3 Å². The summed E-state index contributed by atoms with van der Waals surface area (Å²) in [5, 5.41) is 9.73. The number of carbonyl (C=O) groups is 2. The molecule has 2 heterocycles. The summed E-state index contributed by atoms with van der Waals surface area (Å²) in [6.45, 7) is 4.05. The van der Waals surface area contributed by atoms with Crippen molar-refractivity contribution in [3.05, 3.63) is 81.5 Å². The second-order valence-corrected chi connectivity index (χ2v) is 11.3. The van der Waals surface area contributed by atoms with E-state index in [4.69, 9.17) is 18.6 Å². The number of hydrogen-bond acceptors (Lipinski definition) is 8. The molecule has 0 aliphatic carbocycles. The zero-order chi connectivity index (χ0) is 28.6. The van der Waals surface area contributed by atoms with Gasteiger partial charge in [-0.1, -0.05) is 19.1 Å². The SMILES string of the molecule is CCC(C(=O)O)N(Cc1ccc(OCCc2nc(-c3ccc(Br)s3)oc2C)cc1)C(=O)Oc1ccc(OC)cc1. The number of oxazole rings is 1. The second kappa shape index (κ2) is 13.5. The van der Waals surface area contributed by atoms with Crippen molar-refractivity contribution in [1.82, 2.24) is 9.88 Å². The molecule has 1 unspecified atom stereocenters. The number of rotatable bonds is 12. The average Bonchev–Trinajstić information content (AvgIpc) is 3.54. The average molecular weight is 630 g/mol. The van der Waals surface area contributed by atoms with Gasteiger partial charge in [-0.25, -0.2) is 14.6 Å². The van der Waals surface area contributed by atoms with Crippen LogP contribution in [0.25, 0.3) is 10.8 Å². The zero-order valence-corrected chi connectivity index (χ0v) is 24.7. The van der Waals surface area contributed by atoms with Crippen LogP contribution in [0.4, 0.5) is 4.79 Å². The number of nitrogens with zero attached hydrogens (tertiary/aromatic N) is 2. The van der Waals surface area contributed by atoms with E-state index in [0.29, 0.717) is 30.4 Å². The van der Waals surface area contributed by atoms with Gasteiger partial charge >= 0.3 is 12.1 Å². The Kier molecular flexibility index (Phi) is 9.84. The van der Waals surface area contributed by atoms with Crippen LogP contribution in [-0.4, -0.2) is 46.8 Å². The van der Waals surface area contributed by atoms with Crippen LogP contribution in [0.1, 0.15) is 30.4 Å². The first-order valence-corrected chi connectivity index (χ1v) is 14.2. The third-order valence-corrected chi connectivity index (χ3v) is 7.72. The van der Waals surface area contributed by atoms with E-state index in [1.54, 1.807) is 66.8 Å². The van der Waals surface area contributed by atoms with Crippen LogP contribution in [0.15, 0.2) is 68.9 Å². The van der Waals surface area contributed by atoms with E-state index in [1.165, 1.54) is 12.0 Å². The number of ether oxygens (including phenoxy) is 3. The molecule has 0 spiro atoms. The maximum atomic E-state index is 13.0. The van der Waals surface area contributed by atoms with Gasteiger partial charge in [0, 0.05) is 13.0 Å². The molecule has 0 aliphatic heterocycles. The topological polar surface area (TPSA) is 111 Å². The van der Waals surface area contributed by atoms with Crippen molar-refractivity contribution in [3.63, 3.8) is 0 Å². The Morgan fingerprint density at radius 3 is 2.33 bits per heavy atom. The van der Waals surface area contributed by atoms with Gasteiger partial charge in [-0.15, -0.1) is 11.3 Å². The number of methoxy groups -OCH3 is 1. The van der Waals surface area contributed by atoms with Crippen molar-refractivity contribution < 1.29 is 33.3 Å². The van der Waals surface area contributed by atoms with Crippen molar-refractivity contribution in [1.29, 1.82) is 0 Å². The van der Waals surface area contributed by atoms with Gasteiger partial charge in [0.1, 0.15) is 29.1 Å². The minimum Gasteiger partial charge on any atom is -0.497 e. The van der Waals surface area contributed by atoms with E-state index in [9.17, 15) is 14.7 Å². The number of carboxylic acid groups (broad SMARTS) is 1. The van der Waals surface area contributed by atoms with E-state index in [-0.39, 0.29) is 18.7 Å². The number of amides is 1. The number of benzene rings is 2. The molecule has 0 saturated heterocycles. The molecule has 4 rings (SSSR count). The molecule has 2 aromatic carbocycles. The lowest BCUT2D eigenvalue weighted by Gasteiger charge is -2.27. The van der Waals surface area contributed by atoms with Crippen molar-refractivity contribution >= 4 is 39.3 Å². The third kappa shape index (κ3) is 7.42. The Labute approximate surface area is 244 Å². The maximum absolute atomic E-state index is 13.0. The van der Waals surface area contributed by atoms with Crippen molar-refractivity contribution in [2.24, 2.45) is 0 Å². The second-order valence-electron chi connectivity index (χ2n) is 8.80. The van der Waals surface area contributed by atoms with Gasteiger partial charge in [0.25, 0.3) is 0 Å². The molecule has 0 saturated carbocycles. The molecular weight excluding hydrogens is 600 g/mol. The molecule has 0 bridgehead atoms. The highest BCUT2D eigenvalue weighted by atomic mass is 79.9. The lowest BCUT2D eigenvalue weighted by Crippen LogP contribution is -2.45. The van der Waals surface area contributed by atoms with Gasteiger partial charge in [-0.2, -0.15) is 0 Å². The van der Waals surface area contributed by atoms with Crippen LogP contribution in [-0.2, 0) is 17.8 Å². The molecule has 2 aromatic heterocycles. The number of aliphatic carboxylic acids is 1. The monoisotopic (exact) mass is 628 g/mol. The number of hydrogen-bond donors (Lipinski definition) is 1. The van der Waals surface area contributed by atoms with E-state index in [2.05, 4.69) is 20.9 Å². The highest BCUT2D eigenvalue weighted by molar-refractivity contribution is 9.11. The molecule has 1 N–H and O–H groups in total. The van der Waals surface area contributed by atoms with Crippen molar-refractivity contribution in [2.45, 2.75) is 39.3 Å². The fourth-order valence-corrected chi connectivity index (χ4v) is 5.29. The van der Waals surface area contributed by atoms with Crippen LogP contribution in [0, 0.1) is 6.92 Å². The Morgan fingerprint density at radius 1 is 1.05 bits per heavy atom. The van der Waals surface area contributed by atoms with E-state index < -0.39 is 18.1 Å². The first kappa shape index (κ1) is 29.2. The van der Waals surface area contributed by atoms with Crippen LogP contribution < -0.4 is 14.2 Å². The standard InChI is InChI=1S/C29H29BrN2O7S/c1-4-24(28(33)34)32(29(35)39-22-11-9-20(36-3)10-12-22)17-19-5-7-21(8-6-19)37-16-15-23-18(2)38-27(31-23)25-13-14-26(30)40-25/h5-14,24H,4,15-17H2,1-3H3,(H,33,34). The van der Waals surface area contributed by atoms with Gasteiger partial charge in [-0.3, -0.25) is 4.90 Å². The summed E-state index contributed by atoms with van der Waals surface area (Å²) < 4.78 is 23.3. The predicted octanol–water partition coefficient (Wildman–Crippen LogP) is 6.97. The molecule has 40 heavy (non-hydrogen) atoms. The Bertz CT molecular complexity index is 1430. The summed E-state index contributed by atoms with van der Waals surface area (Å²) in [5.74, 6) is 1.79. The van der Waals surface area contributed by atoms with Crippen molar-refractivity contribution in [3.8, 4) is 28.0 Å². The molecular formula is C29H29BrN2O7S. The molecule has 4 aromatic rings. The van der Waals surface area contributed by atoms with Crippen LogP contribution in [0.3, 0.4) is 0 Å². The molecule has 0 fully saturated rings. The summed E-state index contributed by atoms with van der Waals surface area (Å²) in [6, 6.07) is 16.5. The normalized spacial score (nSPS) is 11.6. The van der Waals surface area contributed by atoms with E-state index in [0.717, 1.165) is 25.7 Å². The highest BCUT2D eigenvalue weighted by Gasteiger charge is 2.30. The van der Waals surface area contributed by atoms with Crippen LogP contribution in [0.2, 0.25) is 0 Å². The molecule has 0 aliphatic rings. The van der Waals surface area contributed by atoms with Gasteiger partial charge in [0.15, 0.2) is 0 Å². The van der Waals surface area contributed by atoms with Gasteiger partial charge < -0.3 is 23.7 Å². The first-order valence-electron chi connectivity index (χ1n) is 12.6. The Balaban J connectivity index is 1.37. The fraction of sp³-hybridized carbons (Fsp3) is 0.276. The fourth-order valence-electron chi connectivity index (χ4n) is 3.98. The Hall–Kier alpha value is -3.83. The Morgan fingerprint density at radius 2 is 1.73 bits per heavy atom. The molecule has 210 valence electrons. The molecule has 0 radical (unpaired) electrons. The quantitative estimate of drug-likeness (QED) is 0.179. The highest BCUT2D eigenvalue weighted by Crippen LogP contribution is 2.32. The van der Waals surface area contributed by atoms with Gasteiger partial charge in [0.05, 0.1) is 28.1 Å². The number of aryl methyl sites for hydroxylation is 1. The smallest absolute Gasteiger partial charge is 0.416 e. The minimum atomic E-state index is -1.10. The van der Waals surface area contributed by atoms with Crippen LogP contribution in [0.5, 0.6) is 17.2 Å². The lowest BCUT2D eigenvalue weighted by atomic mass is 10.1. The van der Waals surface area contributed by atoms with Gasteiger partial charge in [0.2, 0.25) is 5.89 Å². The lowest BCUT2D eigenvalue weighted by molar-refractivity contribution is -0.142. The number of halogens is 1. The van der Waals surface area contributed by atoms with Gasteiger partial charge in [-0.05, 0) is 83.4 Å². The summed E-state index contributed by atoms with van der Waals surface area (Å²) in [5.41, 5.74) is 1.57. The zero-order valence-electron chi connectivity index (χ0n) is 22.3. The summed E-state index contributed by atoms with van der Waals surface area (Å²) in [7, 11) is 1.54.